The first-order valence-corrected chi connectivity index (χ1v) is 9.27. The Morgan fingerprint density at radius 2 is 2.07 bits per heavy atom. The molecule has 0 aliphatic heterocycles. The molecule has 0 radical (unpaired) electrons. The Hall–Kier alpha value is -3.46. The zero-order chi connectivity index (χ0) is 19.7. The maximum Gasteiger partial charge on any atom is 0.337 e. The molecule has 0 atom stereocenters. The summed E-state index contributed by atoms with van der Waals surface area (Å²) in [5, 5.41) is 12.6. The number of nitro groups is 1. The highest BCUT2D eigenvalue weighted by atomic mass is 32.2. The number of imidazole rings is 1. The van der Waals surface area contributed by atoms with Crippen LogP contribution in [-0.2, 0) is 10.5 Å². The number of hydrogen-bond donors (Lipinski definition) is 1. The van der Waals surface area contributed by atoms with Crippen molar-refractivity contribution < 1.29 is 14.5 Å². The van der Waals surface area contributed by atoms with Crippen LogP contribution < -0.4 is 0 Å². The van der Waals surface area contributed by atoms with Gasteiger partial charge in [0.2, 0.25) is 0 Å². The molecule has 2 heterocycles. The second kappa shape index (κ2) is 7.28. The van der Waals surface area contributed by atoms with Gasteiger partial charge in [-0.1, -0.05) is 30.0 Å². The van der Waals surface area contributed by atoms with E-state index in [1.54, 1.807) is 30.3 Å². The van der Waals surface area contributed by atoms with Crippen molar-refractivity contribution >= 4 is 45.4 Å². The fraction of sp³-hybridized carbons (Fsp3) is 0.105. The first-order valence-electron chi connectivity index (χ1n) is 8.29. The number of ether oxygens (including phenoxy) is 1. The van der Waals surface area contributed by atoms with E-state index in [4.69, 9.17) is 4.74 Å². The molecule has 8 nitrogen and oxygen atoms in total. The summed E-state index contributed by atoms with van der Waals surface area (Å²) < 4.78 is 4.72. The fourth-order valence-corrected chi connectivity index (χ4v) is 3.63. The lowest BCUT2D eigenvalue weighted by Gasteiger charge is -2.02. The number of carbonyl (C=O) groups excluding carboxylic acids is 1. The quantitative estimate of drug-likeness (QED) is 0.235. The number of esters is 1. The molecule has 2 aromatic heterocycles. The number of nitrogens with one attached hydrogen (secondary N) is 1. The standard InChI is InChI=1S/C19H14N4O4S/c1-27-18(24)12-6-8-14-15(9-12)22-19(21-14)28-10-13-7-5-11-3-2-4-16(23(25)26)17(11)20-13/h2-9H,10H2,1H3,(H,21,22). The third kappa shape index (κ3) is 3.39. The van der Waals surface area contributed by atoms with Gasteiger partial charge in [-0.05, 0) is 24.3 Å². The number of fused-ring (bicyclic) bond motifs is 2. The molecule has 0 fully saturated rings. The number of nitrogens with zero attached hydrogens (tertiary/aromatic N) is 3. The lowest BCUT2D eigenvalue weighted by atomic mass is 10.2. The summed E-state index contributed by atoms with van der Waals surface area (Å²) in [7, 11) is 1.33. The summed E-state index contributed by atoms with van der Waals surface area (Å²) in [5.41, 5.74) is 2.98. The highest BCUT2D eigenvalue weighted by molar-refractivity contribution is 7.98. The average molecular weight is 394 g/mol. The molecule has 140 valence electrons. The second-order valence-corrected chi connectivity index (χ2v) is 6.93. The van der Waals surface area contributed by atoms with E-state index in [1.165, 1.54) is 24.9 Å². The van der Waals surface area contributed by atoms with Crippen LogP contribution in [0.25, 0.3) is 21.9 Å². The summed E-state index contributed by atoms with van der Waals surface area (Å²) in [6.45, 7) is 0. The number of thioether (sulfide) groups is 1. The number of hydrogen-bond acceptors (Lipinski definition) is 7. The number of methoxy groups -OCH3 is 1. The Labute approximate surface area is 163 Å². The SMILES string of the molecule is COC(=O)c1ccc2nc(SCc3ccc4cccc([N+](=O)[O-])c4n3)[nH]c2c1. The van der Waals surface area contributed by atoms with E-state index in [-0.39, 0.29) is 5.69 Å². The first-order chi connectivity index (χ1) is 13.5. The maximum atomic E-state index is 11.6. The van der Waals surface area contributed by atoms with E-state index in [0.717, 1.165) is 16.4 Å². The number of rotatable bonds is 5. The molecule has 28 heavy (non-hydrogen) atoms. The molecule has 0 bridgehead atoms. The van der Waals surface area contributed by atoms with E-state index in [2.05, 4.69) is 15.0 Å². The Bertz CT molecular complexity index is 1220. The fourth-order valence-electron chi connectivity index (χ4n) is 2.84. The second-order valence-electron chi connectivity index (χ2n) is 5.96. The molecular formula is C19H14N4O4S. The zero-order valence-electron chi connectivity index (χ0n) is 14.7. The van der Waals surface area contributed by atoms with Crippen molar-refractivity contribution in [1.82, 2.24) is 15.0 Å². The number of non-ortho nitro benzene ring substituents is 1. The smallest absolute Gasteiger partial charge is 0.337 e. The third-order valence-corrected chi connectivity index (χ3v) is 5.10. The number of nitro benzene ring substituents is 1. The first kappa shape index (κ1) is 17.9. The van der Waals surface area contributed by atoms with Crippen molar-refractivity contribution in [2.24, 2.45) is 0 Å². The Morgan fingerprint density at radius 3 is 2.86 bits per heavy atom. The van der Waals surface area contributed by atoms with Crippen LogP contribution in [0, 0.1) is 10.1 Å². The van der Waals surface area contributed by atoms with E-state index in [9.17, 15) is 14.9 Å². The van der Waals surface area contributed by atoms with Crippen LogP contribution in [0.3, 0.4) is 0 Å². The summed E-state index contributed by atoms with van der Waals surface area (Å²) in [5.74, 6) is 0.0822. The summed E-state index contributed by atoms with van der Waals surface area (Å²) in [6, 6.07) is 13.7. The molecular weight excluding hydrogens is 380 g/mol. The van der Waals surface area contributed by atoms with Crippen LogP contribution >= 0.6 is 11.8 Å². The molecule has 0 aliphatic rings. The predicted molar refractivity (Wildman–Crippen MR) is 105 cm³/mol. The van der Waals surface area contributed by atoms with Gasteiger partial charge >= 0.3 is 5.97 Å². The number of H-pyrrole nitrogens is 1. The van der Waals surface area contributed by atoms with Gasteiger partial charge in [-0.3, -0.25) is 10.1 Å². The van der Waals surface area contributed by atoms with Gasteiger partial charge in [0.1, 0.15) is 5.52 Å². The third-order valence-electron chi connectivity index (χ3n) is 4.19. The molecule has 0 saturated carbocycles. The van der Waals surface area contributed by atoms with Gasteiger partial charge in [0.15, 0.2) is 5.16 Å². The van der Waals surface area contributed by atoms with Crippen LogP contribution in [0.4, 0.5) is 5.69 Å². The van der Waals surface area contributed by atoms with Crippen molar-refractivity contribution in [3.63, 3.8) is 0 Å². The Kier molecular flexibility index (Phi) is 4.66. The van der Waals surface area contributed by atoms with Gasteiger partial charge in [-0.25, -0.2) is 14.8 Å². The molecule has 4 aromatic rings. The molecule has 0 unspecified atom stereocenters. The van der Waals surface area contributed by atoms with Gasteiger partial charge in [0.05, 0.1) is 34.3 Å². The van der Waals surface area contributed by atoms with Crippen LogP contribution in [-0.4, -0.2) is 33.0 Å². The molecule has 0 amide bonds. The largest absolute Gasteiger partial charge is 0.465 e. The number of aromatic amines is 1. The molecule has 4 rings (SSSR count). The van der Waals surface area contributed by atoms with Crippen LogP contribution in [0.1, 0.15) is 16.1 Å². The zero-order valence-corrected chi connectivity index (χ0v) is 15.5. The normalized spacial score (nSPS) is 11.0. The number of pyridine rings is 1. The number of para-hydroxylation sites is 1. The highest BCUT2D eigenvalue weighted by Crippen LogP contribution is 2.27. The molecule has 2 aromatic carbocycles. The highest BCUT2D eigenvalue weighted by Gasteiger charge is 2.14. The lowest BCUT2D eigenvalue weighted by molar-refractivity contribution is -0.383. The van der Waals surface area contributed by atoms with E-state index in [0.29, 0.717) is 27.7 Å². The minimum absolute atomic E-state index is 0.0107. The minimum Gasteiger partial charge on any atom is -0.465 e. The average Bonchev–Trinajstić information content (AvgIpc) is 3.13. The van der Waals surface area contributed by atoms with Gasteiger partial charge in [-0.15, -0.1) is 0 Å². The number of aromatic nitrogens is 3. The molecule has 0 aliphatic carbocycles. The van der Waals surface area contributed by atoms with Crippen molar-refractivity contribution in [3.8, 4) is 0 Å². The van der Waals surface area contributed by atoms with Crippen molar-refractivity contribution in [2.75, 3.05) is 7.11 Å². The van der Waals surface area contributed by atoms with E-state index in [1.807, 2.05) is 12.1 Å². The van der Waals surface area contributed by atoms with Crippen LogP contribution in [0.2, 0.25) is 0 Å². The Balaban J connectivity index is 1.58. The monoisotopic (exact) mass is 394 g/mol. The van der Waals surface area contributed by atoms with E-state index >= 15 is 0 Å². The number of carbonyl (C=O) groups is 1. The topological polar surface area (TPSA) is 111 Å². The van der Waals surface area contributed by atoms with Gasteiger partial charge in [-0.2, -0.15) is 0 Å². The maximum absolute atomic E-state index is 11.6. The summed E-state index contributed by atoms with van der Waals surface area (Å²) in [6.07, 6.45) is 0. The van der Waals surface area contributed by atoms with Crippen LogP contribution in [0.15, 0.2) is 53.7 Å². The van der Waals surface area contributed by atoms with Crippen molar-refractivity contribution in [2.45, 2.75) is 10.9 Å². The van der Waals surface area contributed by atoms with Crippen molar-refractivity contribution in [3.05, 3.63) is 69.9 Å². The predicted octanol–water partition coefficient (Wildman–Crippen LogP) is 4.10. The summed E-state index contributed by atoms with van der Waals surface area (Å²) in [4.78, 5) is 34.5. The molecule has 9 heteroatoms. The molecule has 0 spiro atoms. The number of benzene rings is 2. The van der Waals surface area contributed by atoms with Gasteiger partial charge < -0.3 is 9.72 Å². The van der Waals surface area contributed by atoms with Crippen molar-refractivity contribution in [1.29, 1.82) is 0 Å². The van der Waals surface area contributed by atoms with Crippen LogP contribution in [0.5, 0.6) is 0 Å². The Morgan fingerprint density at radius 1 is 1.21 bits per heavy atom. The lowest BCUT2D eigenvalue weighted by Crippen LogP contribution is -2.00. The minimum atomic E-state index is -0.426. The van der Waals surface area contributed by atoms with E-state index < -0.39 is 10.9 Å². The van der Waals surface area contributed by atoms with Gasteiger partial charge in [0, 0.05) is 17.2 Å². The molecule has 0 saturated heterocycles. The van der Waals surface area contributed by atoms with Gasteiger partial charge in [0.25, 0.3) is 5.69 Å². The molecule has 1 N–H and O–H groups in total. The summed E-state index contributed by atoms with van der Waals surface area (Å²) >= 11 is 1.43.